The van der Waals surface area contributed by atoms with Gasteiger partial charge in [0.25, 0.3) is 0 Å². The zero-order valence-corrected chi connectivity index (χ0v) is 10.0. The number of aromatic nitrogens is 1. The predicted octanol–water partition coefficient (Wildman–Crippen LogP) is 1.50. The van der Waals surface area contributed by atoms with Gasteiger partial charge in [0.15, 0.2) is 12.8 Å². The van der Waals surface area contributed by atoms with Gasteiger partial charge in [-0.2, -0.15) is 8.42 Å². The minimum Gasteiger partial charge on any atom is -0.277 e. The Labute approximate surface area is 99.0 Å². The highest BCUT2D eigenvalue weighted by atomic mass is 32.2. The van der Waals surface area contributed by atoms with Gasteiger partial charge in [-0.05, 0) is 12.5 Å². The average molecular weight is 254 g/mol. The van der Waals surface area contributed by atoms with Crippen LogP contribution in [0.1, 0.15) is 6.92 Å². The van der Waals surface area contributed by atoms with Crippen molar-refractivity contribution in [1.29, 1.82) is 0 Å². The molecule has 0 aliphatic carbocycles. The van der Waals surface area contributed by atoms with Crippen molar-refractivity contribution < 1.29 is 22.2 Å². The van der Waals surface area contributed by atoms with E-state index in [2.05, 4.69) is 0 Å². The van der Waals surface area contributed by atoms with Crippen LogP contribution in [0.3, 0.4) is 0 Å². The Morgan fingerprint density at radius 1 is 1.29 bits per heavy atom. The maximum absolute atomic E-state index is 11.3. The fourth-order valence-corrected chi connectivity index (χ4v) is 2.52. The first-order valence-electron chi connectivity index (χ1n) is 5.08. The molecule has 1 N–H and O–H groups in total. The maximum Gasteiger partial charge on any atom is 0.378 e. The van der Waals surface area contributed by atoms with Crippen molar-refractivity contribution >= 4 is 10.1 Å². The molecule has 6 heteroatoms. The molecule has 2 aromatic rings. The van der Waals surface area contributed by atoms with E-state index in [1.165, 1.54) is 6.26 Å². The van der Waals surface area contributed by atoms with Gasteiger partial charge in [0.05, 0.1) is 0 Å². The van der Waals surface area contributed by atoms with Crippen LogP contribution in [0.4, 0.5) is 0 Å². The van der Waals surface area contributed by atoms with Gasteiger partial charge in [0, 0.05) is 4.74 Å². The lowest BCUT2D eigenvalue weighted by molar-refractivity contribution is -0.890. The van der Waals surface area contributed by atoms with Crippen molar-refractivity contribution in [3.8, 4) is 11.1 Å². The number of nitrogens with zero attached hydrogens (tertiary/aromatic N) is 1. The summed E-state index contributed by atoms with van der Waals surface area (Å²) >= 11 is 0. The second-order valence-corrected chi connectivity index (χ2v) is 4.81. The predicted molar refractivity (Wildman–Crippen MR) is 59.8 cm³/mol. The molecule has 0 aliphatic heterocycles. The summed E-state index contributed by atoms with van der Waals surface area (Å²) in [7, 11) is -4.31. The van der Waals surface area contributed by atoms with Gasteiger partial charge >= 0.3 is 15.1 Å². The summed E-state index contributed by atoms with van der Waals surface area (Å²) in [5.74, 6) is 0. The summed E-state index contributed by atoms with van der Waals surface area (Å²) in [6, 6.07) is 8.89. The van der Waals surface area contributed by atoms with E-state index in [1.807, 2.05) is 6.07 Å². The molecule has 0 saturated heterocycles. The molecule has 0 saturated carbocycles. The van der Waals surface area contributed by atoms with E-state index >= 15 is 0 Å². The van der Waals surface area contributed by atoms with Gasteiger partial charge in [-0.3, -0.25) is 4.55 Å². The summed E-state index contributed by atoms with van der Waals surface area (Å²) in [5.41, 5.74) is 1.03. The number of rotatable bonds is 3. The Hall–Kier alpha value is -1.66. The molecule has 0 amide bonds. The van der Waals surface area contributed by atoms with E-state index in [9.17, 15) is 13.0 Å². The van der Waals surface area contributed by atoms with E-state index in [4.69, 9.17) is 4.52 Å². The Balaban J connectivity index is 2.69. The summed E-state index contributed by atoms with van der Waals surface area (Å²) < 4.78 is 38.1. The maximum atomic E-state index is 11.3. The molecule has 17 heavy (non-hydrogen) atoms. The Kier molecular flexibility index (Phi) is 2.99. The summed E-state index contributed by atoms with van der Waals surface area (Å²) in [6.45, 7) is 2.05. The minimum absolute atomic E-state index is 0.216. The van der Waals surface area contributed by atoms with Crippen LogP contribution in [0.5, 0.6) is 0 Å². The summed E-state index contributed by atoms with van der Waals surface area (Å²) in [6.07, 6.45) is 1.32. The van der Waals surface area contributed by atoms with E-state index in [-0.39, 0.29) is 5.03 Å². The first-order chi connectivity index (χ1) is 8.04. The van der Waals surface area contributed by atoms with Crippen molar-refractivity contribution in [3.63, 3.8) is 0 Å². The number of hydrogen-bond acceptors (Lipinski definition) is 3. The van der Waals surface area contributed by atoms with Gasteiger partial charge in [-0.25, -0.2) is 4.52 Å². The lowest BCUT2D eigenvalue weighted by Crippen LogP contribution is -2.36. The second-order valence-electron chi connectivity index (χ2n) is 3.48. The minimum atomic E-state index is -4.31. The topological polar surface area (TPSA) is 71.4 Å². The van der Waals surface area contributed by atoms with E-state index < -0.39 is 10.1 Å². The molecule has 0 fully saturated rings. The van der Waals surface area contributed by atoms with Crippen molar-refractivity contribution in [2.45, 2.75) is 18.5 Å². The Morgan fingerprint density at radius 3 is 2.47 bits per heavy atom. The number of aryl methyl sites for hydroxylation is 1. The highest BCUT2D eigenvalue weighted by Crippen LogP contribution is 2.24. The molecule has 5 nitrogen and oxygen atoms in total. The molecule has 0 atom stereocenters. The highest BCUT2D eigenvalue weighted by Gasteiger charge is 2.33. The van der Waals surface area contributed by atoms with Crippen molar-refractivity contribution in [1.82, 2.24) is 0 Å². The van der Waals surface area contributed by atoms with E-state index in [0.29, 0.717) is 17.7 Å². The van der Waals surface area contributed by atoms with Crippen LogP contribution < -0.4 is 4.74 Å². The third kappa shape index (κ3) is 2.22. The van der Waals surface area contributed by atoms with Gasteiger partial charge < -0.3 is 0 Å². The quantitative estimate of drug-likeness (QED) is 0.665. The highest BCUT2D eigenvalue weighted by molar-refractivity contribution is 7.85. The molecule has 90 valence electrons. The summed E-state index contributed by atoms with van der Waals surface area (Å²) in [5, 5.41) is -0.216. The van der Waals surface area contributed by atoms with Gasteiger partial charge in [-0.1, -0.05) is 30.3 Å². The first-order valence-corrected chi connectivity index (χ1v) is 6.52. The van der Waals surface area contributed by atoms with Crippen molar-refractivity contribution in [3.05, 3.63) is 36.6 Å². The molecule has 0 aliphatic rings. The molecular formula is C11H12NO4S+. The third-order valence-corrected chi connectivity index (χ3v) is 3.28. The van der Waals surface area contributed by atoms with Crippen LogP contribution in [0.15, 0.2) is 46.1 Å². The molecule has 0 radical (unpaired) electrons. The van der Waals surface area contributed by atoms with Crippen molar-refractivity contribution in [2.24, 2.45) is 0 Å². The van der Waals surface area contributed by atoms with Crippen LogP contribution in [-0.2, 0) is 16.7 Å². The molecule has 1 heterocycles. The van der Waals surface area contributed by atoms with Crippen LogP contribution in [0, 0.1) is 0 Å². The largest absolute Gasteiger partial charge is 0.378 e. The standard InChI is InChI=1S/C11H11NO4S/c1-2-12-11(17(13,14)15)10(8-16-12)9-6-4-3-5-7-9/h3-8H,2H2,1H3/p+1. The normalized spacial score (nSPS) is 11.6. The van der Waals surface area contributed by atoms with Crippen LogP contribution in [-0.4, -0.2) is 13.0 Å². The van der Waals surface area contributed by atoms with Gasteiger partial charge in [0.2, 0.25) is 0 Å². The van der Waals surface area contributed by atoms with Crippen LogP contribution in [0.2, 0.25) is 0 Å². The lowest BCUT2D eigenvalue weighted by Gasteiger charge is -1.95. The molecule has 2 rings (SSSR count). The average Bonchev–Trinajstić information content (AvgIpc) is 2.73. The smallest absolute Gasteiger partial charge is 0.277 e. The Bertz CT molecular complexity index is 616. The summed E-state index contributed by atoms with van der Waals surface area (Å²) in [4.78, 5) is 0. The first kappa shape index (κ1) is 11.8. The fraction of sp³-hybridized carbons (Fsp3) is 0.182. The zero-order valence-electron chi connectivity index (χ0n) is 9.20. The SMILES string of the molecule is CC[n+]1occ(-c2ccccc2)c1S(=O)(=O)O. The number of hydrogen-bond donors (Lipinski definition) is 1. The molecule has 0 unspecified atom stereocenters. The molecule has 0 spiro atoms. The number of benzene rings is 1. The van der Waals surface area contributed by atoms with Crippen LogP contribution in [0.25, 0.3) is 11.1 Å². The molecular weight excluding hydrogens is 242 g/mol. The second kappa shape index (κ2) is 4.31. The zero-order chi connectivity index (χ0) is 12.5. The molecule has 0 bridgehead atoms. The third-order valence-electron chi connectivity index (χ3n) is 2.37. The van der Waals surface area contributed by atoms with Crippen molar-refractivity contribution in [2.75, 3.05) is 0 Å². The van der Waals surface area contributed by atoms with Gasteiger partial charge in [0.1, 0.15) is 5.56 Å². The lowest BCUT2D eigenvalue weighted by atomic mass is 10.1. The molecule has 1 aromatic carbocycles. The van der Waals surface area contributed by atoms with E-state index in [0.717, 1.165) is 4.74 Å². The monoisotopic (exact) mass is 254 g/mol. The van der Waals surface area contributed by atoms with E-state index in [1.54, 1.807) is 31.2 Å². The molecule has 1 aromatic heterocycles. The fourth-order valence-electron chi connectivity index (χ4n) is 1.64. The van der Waals surface area contributed by atoms with Crippen LogP contribution >= 0.6 is 0 Å². The van der Waals surface area contributed by atoms with Gasteiger partial charge in [-0.15, -0.1) is 0 Å². The Morgan fingerprint density at radius 2 is 1.94 bits per heavy atom.